The lowest BCUT2D eigenvalue weighted by Crippen LogP contribution is -2.44. The highest BCUT2D eigenvalue weighted by molar-refractivity contribution is 5.98. The molecule has 2 N–H and O–H groups in total. The zero-order valence-corrected chi connectivity index (χ0v) is 14.7. The molecule has 0 unspecified atom stereocenters. The van der Waals surface area contributed by atoms with Gasteiger partial charge in [-0.15, -0.1) is 0 Å². The van der Waals surface area contributed by atoms with Crippen LogP contribution in [0.25, 0.3) is 0 Å². The van der Waals surface area contributed by atoms with Crippen molar-refractivity contribution in [1.29, 1.82) is 0 Å². The number of para-hydroxylation sites is 1. The van der Waals surface area contributed by atoms with Crippen molar-refractivity contribution >= 4 is 17.6 Å². The van der Waals surface area contributed by atoms with Gasteiger partial charge in [0.15, 0.2) is 5.96 Å². The number of benzene rings is 2. The van der Waals surface area contributed by atoms with Crippen molar-refractivity contribution in [2.24, 2.45) is 4.99 Å². The Morgan fingerprint density at radius 1 is 1.16 bits per heavy atom. The summed E-state index contributed by atoms with van der Waals surface area (Å²) < 4.78 is 0. The minimum absolute atomic E-state index is 0.0588. The molecule has 2 aromatic rings. The third kappa shape index (κ3) is 4.18. The third-order valence-electron chi connectivity index (χ3n) is 4.36. The smallest absolute Gasteiger partial charge is 0.246 e. The summed E-state index contributed by atoms with van der Waals surface area (Å²) in [6, 6.07) is 16.4. The van der Waals surface area contributed by atoms with Crippen LogP contribution in [0, 0.1) is 6.92 Å². The molecule has 0 saturated carbocycles. The summed E-state index contributed by atoms with van der Waals surface area (Å²) in [5.41, 5.74) is 4.67. The first-order valence-electron chi connectivity index (χ1n) is 8.55. The molecule has 1 aliphatic heterocycles. The summed E-state index contributed by atoms with van der Waals surface area (Å²) in [6.45, 7) is 3.71. The zero-order valence-electron chi connectivity index (χ0n) is 14.7. The van der Waals surface area contributed by atoms with Gasteiger partial charge in [-0.25, -0.2) is 0 Å². The van der Waals surface area contributed by atoms with Crippen LogP contribution in [-0.4, -0.2) is 32.0 Å². The van der Waals surface area contributed by atoms with Crippen LogP contribution < -0.4 is 15.5 Å². The van der Waals surface area contributed by atoms with Gasteiger partial charge in [0.1, 0.15) is 0 Å². The molecule has 0 aliphatic carbocycles. The maximum atomic E-state index is 12.5. The molecule has 0 bridgehead atoms. The van der Waals surface area contributed by atoms with E-state index in [9.17, 15) is 4.79 Å². The molecule has 0 fully saturated rings. The van der Waals surface area contributed by atoms with Gasteiger partial charge in [0.05, 0.1) is 6.54 Å². The first-order chi connectivity index (χ1) is 12.2. The summed E-state index contributed by atoms with van der Waals surface area (Å²) in [7, 11) is 1.71. The first-order valence-corrected chi connectivity index (χ1v) is 8.55. The predicted molar refractivity (Wildman–Crippen MR) is 102 cm³/mol. The fourth-order valence-corrected chi connectivity index (χ4v) is 3.08. The number of hydrogen-bond donors (Lipinski definition) is 2. The minimum atomic E-state index is 0.0588. The van der Waals surface area contributed by atoms with Gasteiger partial charge in [-0.2, -0.15) is 0 Å². The lowest BCUT2D eigenvalue weighted by Gasteiger charge is -2.19. The van der Waals surface area contributed by atoms with Gasteiger partial charge in [0.2, 0.25) is 5.91 Å². The molecule has 0 radical (unpaired) electrons. The topological polar surface area (TPSA) is 56.7 Å². The molecule has 25 heavy (non-hydrogen) atoms. The Kier molecular flexibility index (Phi) is 5.33. The van der Waals surface area contributed by atoms with Crippen molar-refractivity contribution in [1.82, 2.24) is 10.6 Å². The van der Waals surface area contributed by atoms with E-state index < -0.39 is 0 Å². The second-order valence-electron chi connectivity index (χ2n) is 6.19. The molecule has 2 aromatic carbocycles. The van der Waals surface area contributed by atoms with Gasteiger partial charge >= 0.3 is 0 Å². The van der Waals surface area contributed by atoms with Crippen molar-refractivity contribution in [2.45, 2.75) is 19.9 Å². The lowest BCUT2D eigenvalue weighted by atomic mass is 10.1. The molecule has 0 saturated heterocycles. The van der Waals surface area contributed by atoms with Crippen molar-refractivity contribution in [3.63, 3.8) is 0 Å². The molecular weight excluding hydrogens is 312 g/mol. The summed E-state index contributed by atoms with van der Waals surface area (Å²) in [5.74, 6) is 0.686. The molecular formula is C20H24N4O. The Hall–Kier alpha value is -2.82. The minimum Gasteiger partial charge on any atom is -0.352 e. The highest BCUT2D eigenvalue weighted by Gasteiger charge is 2.23. The molecule has 1 aliphatic rings. The molecule has 0 spiro atoms. The number of amides is 1. The fourth-order valence-electron chi connectivity index (χ4n) is 3.08. The Balaban J connectivity index is 1.52. The Bertz CT molecular complexity index is 785. The van der Waals surface area contributed by atoms with Crippen molar-refractivity contribution < 1.29 is 4.79 Å². The maximum absolute atomic E-state index is 12.5. The van der Waals surface area contributed by atoms with E-state index in [1.165, 1.54) is 16.7 Å². The Morgan fingerprint density at radius 3 is 2.80 bits per heavy atom. The van der Waals surface area contributed by atoms with Crippen LogP contribution >= 0.6 is 0 Å². The molecule has 3 rings (SSSR count). The monoisotopic (exact) mass is 336 g/mol. The highest BCUT2D eigenvalue weighted by Crippen LogP contribution is 2.27. The van der Waals surface area contributed by atoms with Crippen LogP contribution in [0.15, 0.2) is 53.5 Å². The fraction of sp³-hybridized carbons (Fsp3) is 0.300. The summed E-state index contributed by atoms with van der Waals surface area (Å²) in [6.07, 6.45) is 0.919. The van der Waals surface area contributed by atoms with Crippen molar-refractivity contribution in [3.05, 3.63) is 65.2 Å². The number of carbonyl (C=O) groups is 1. The van der Waals surface area contributed by atoms with Crippen molar-refractivity contribution in [2.75, 3.05) is 25.0 Å². The van der Waals surface area contributed by atoms with Gasteiger partial charge in [-0.1, -0.05) is 48.0 Å². The van der Waals surface area contributed by atoms with Crippen LogP contribution in [0.3, 0.4) is 0 Å². The predicted octanol–water partition coefficient (Wildman–Crippen LogP) is 2.25. The number of hydrogen-bond acceptors (Lipinski definition) is 2. The van der Waals surface area contributed by atoms with E-state index in [1.807, 2.05) is 29.2 Å². The number of aliphatic imine (C=N–C) groups is 1. The van der Waals surface area contributed by atoms with Gasteiger partial charge < -0.3 is 15.5 Å². The van der Waals surface area contributed by atoms with Gasteiger partial charge in [-0.05, 0) is 30.5 Å². The number of anilines is 1. The number of nitrogens with one attached hydrogen (secondary N) is 2. The summed E-state index contributed by atoms with van der Waals surface area (Å²) >= 11 is 0. The lowest BCUT2D eigenvalue weighted by molar-refractivity contribution is -0.117. The largest absolute Gasteiger partial charge is 0.352 e. The highest BCUT2D eigenvalue weighted by atomic mass is 16.2. The van der Waals surface area contributed by atoms with Crippen LogP contribution in [0.1, 0.15) is 16.7 Å². The van der Waals surface area contributed by atoms with Crippen LogP contribution in [0.5, 0.6) is 0 Å². The average molecular weight is 336 g/mol. The molecule has 1 amide bonds. The molecule has 130 valence electrons. The third-order valence-corrected chi connectivity index (χ3v) is 4.36. The summed E-state index contributed by atoms with van der Waals surface area (Å²) in [4.78, 5) is 18.6. The normalized spacial score (nSPS) is 13.5. The van der Waals surface area contributed by atoms with E-state index in [0.717, 1.165) is 18.7 Å². The molecule has 0 atom stereocenters. The molecule has 1 heterocycles. The second-order valence-corrected chi connectivity index (χ2v) is 6.19. The zero-order chi connectivity index (χ0) is 17.6. The van der Waals surface area contributed by atoms with E-state index in [0.29, 0.717) is 12.5 Å². The Labute approximate surface area is 148 Å². The van der Waals surface area contributed by atoms with E-state index >= 15 is 0 Å². The van der Waals surface area contributed by atoms with Crippen molar-refractivity contribution in [3.8, 4) is 0 Å². The standard InChI is InChI=1S/C20H24N4O/c1-15-6-5-7-16(12-15)13-22-20(21-2)23-14-19(25)24-11-10-17-8-3-4-9-18(17)24/h3-9,12H,10-11,13-14H2,1-2H3,(H2,21,22,23). The van der Waals surface area contributed by atoms with E-state index in [2.05, 4.69) is 46.8 Å². The number of carbonyl (C=O) groups excluding carboxylic acids is 1. The maximum Gasteiger partial charge on any atom is 0.246 e. The number of rotatable bonds is 4. The first kappa shape index (κ1) is 17.0. The van der Waals surface area contributed by atoms with E-state index in [4.69, 9.17) is 0 Å². The number of nitrogens with zero attached hydrogens (tertiary/aromatic N) is 2. The van der Waals surface area contributed by atoms with Gasteiger partial charge in [-0.3, -0.25) is 9.79 Å². The van der Waals surface area contributed by atoms with Crippen LogP contribution in [0.2, 0.25) is 0 Å². The van der Waals surface area contributed by atoms with Crippen LogP contribution in [-0.2, 0) is 17.8 Å². The van der Waals surface area contributed by atoms with E-state index in [1.54, 1.807) is 7.05 Å². The van der Waals surface area contributed by atoms with Gasteiger partial charge in [0.25, 0.3) is 0 Å². The van der Waals surface area contributed by atoms with E-state index in [-0.39, 0.29) is 12.5 Å². The number of fused-ring (bicyclic) bond motifs is 1. The molecule has 5 nitrogen and oxygen atoms in total. The quantitative estimate of drug-likeness (QED) is 0.665. The summed E-state index contributed by atoms with van der Waals surface area (Å²) in [5, 5.41) is 6.36. The SMILES string of the molecule is CN=C(NCC(=O)N1CCc2ccccc21)NCc1cccc(C)c1. The van der Waals surface area contributed by atoms with Gasteiger partial charge in [0, 0.05) is 25.8 Å². The molecule has 5 heteroatoms. The Morgan fingerprint density at radius 2 is 2.00 bits per heavy atom. The van der Waals surface area contributed by atoms with Crippen LogP contribution in [0.4, 0.5) is 5.69 Å². The number of aryl methyl sites for hydroxylation is 1. The average Bonchev–Trinajstić information content (AvgIpc) is 3.06. The number of guanidine groups is 1. The molecule has 0 aromatic heterocycles. The second kappa shape index (κ2) is 7.83.